The van der Waals surface area contributed by atoms with E-state index in [9.17, 15) is 0 Å². The molecule has 6 rings (SSSR count). The maximum absolute atomic E-state index is 4.51. The molecule has 0 spiro atoms. The van der Waals surface area contributed by atoms with Crippen molar-refractivity contribution in [3.05, 3.63) is 110 Å². The lowest BCUT2D eigenvalue weighted by Gasteiger charge is -2.10. The molecule has 6 aromatic rings. The second kappa shape index (κ2) is 9.03. The molecule has 0 aliphatic heterocycles. The van der Waals surface area contributed by atoms with E-state index in [4.69, 9.17) is 0 Å². The number of nitrogens with one attached hydrogen (secondary N) is 2. The van der Waals surface area contributed by atoms with Crippen LogP contribution in [0.5, 0.6) is 0 Å². The molecule has 3 heterocycles. The van der Waals surface area contributed by atoms with Crippen LogP contribution in [0, 0.1) is 0 Å². The highest BCUT2D eigenvalue weighted by molar-refractivity contribution is 5.89. The molecule has 0 bridgehead atoms. The second-order valence-electron chi connectivity index (χ2n) is 7.83. The molecule has 0 unspecified atom stereocenters. The predicted octanol–water partition coefficient (Wildman–Crippen LogP) is 5.76. The van der Waals surface area contributed by atoms with E-state index in [1.807, 2.05) is 91.0 Å². The maximum atomic E-state index is 4.51. The molecular formula is C27H20N8. The van der Waals surface area contributed by atoms with E-state index in [1.165, 1.54) is 0 Å². The van der Waals surface area contributed by atoms with Gasteiger partial charge in [0, 0.05) is 23.0 Å². The van der Waals surface area contributed by atoms with Gasteiger partial charge in [0.1, 0.15) is 24.3 Å². The van der Waals surface area contributed by atoms with Crippen LogP contribution in [0.25, 0.3) is 28.0 Å². The zero-order valence-electron chi connectivity index (χ0n) is 18.6. The molecule has 0 radical (unpaired) electrons. The van der Waals surface area contributed by atoms with Gasteiger partial charge in [0.15, 0.2) is 5.65 Å². The van der Waals surface area contributed by atoms with Crippen LogP contribution in [0.4, 0.5) is 23.0 Å². The Morgan fingerprint density at radius 2 is 1.31 bits per heavy atom. The Balaban J connectivity index is 1.21. The largest absolute Gasteiger partial charge is 0.340 e. The zero-order chi connectivity index (χ0) is 23.5. The van der Waals surface area contributed by atoms with Gasteiger partial charge in [-0.2, -0.15) is 5.10 Å². The lowest BCUT2D eigenvalue weighted by Crippen LogP contribution is -1.99. The minimum absolute atomic E-state index is 0.696. The Labute approximate surface area is 201 Å². The minimum atomic E-state index is 0.696. The third kappa shape index (κ3) is 4.28. The van der Waals surface area contributed by atoms with E-state index in [2.05, 4.69) is 35.7 Å². The standard InChI is InChI=1S/C27H20N8/c1-3-7-19(8-4-1)24-15-25(29-17-28-24)33-20-11-13-21(14-12-20)34-26-23-16-32-35(27(23)31-18-30-26)22-9-5-2-6-10-22/h1-18H,(H,28,29,33)(H,30,31,34). The molecule has 8 heteroatoms. The fourth-order valence-corrected chi connectivity index (χ4v) is 3.82. The normalized spacial score (nSPS) is 10.9. The molecule has 8 nitrogen and oxygen atoms in total. The highest BCUT2D eigenvalue weighted by Gasteiger charge is 2.11. The van der Waals surface area contributed by atoms with E-state index in [0.717, 1.165) is 45.2 Å². The molecule has 0 saturated heterocycles. The van der Waals surface area contributed by atoms with Crippen molar-refractivity contribution >= 4 is 34.0 Å². The van der Waals surface area contributed by atoms with Gasteiger partial charge < -0.3 is 10.6 Å². The Morgan fingerprint density at radius 1 is 0.629 bits per heavy atom. The highest BCUT2D eigenvalue weighted by Crippen LogP contribution is 2.26. The molecular weight excluding hydrogens is 436 g/mol. The van der Waals surface area contributed by atoms with Crippen LogP contribution >= 0.6 is 0 Å². The molecule has 0 aliphatic rings. The Morgan fingerprint density at radius 3 is 2.09 bits per heavy atom. The van der Waals surface area contributed by atoms with Crippen molar-refractivity contribution < 1.29 is 0 Å². The number of nitrogens with zero attached hydrogens (tertiary/aromatic N) is 6. The van der Waals surface area contributed by atoms with Crippen molar-refractivity contribution in [1.82, 2.24) is 29.7 Å². The van der Waals surface area contributed by atoms with Crippen LogP contribution in [-0.4, -0.2) is 29.7 Å². The molecule has 3 aromatic carbocycles. The SMILES string of the molecule is c1ccc(-c2cc(Nc3ccc(Nc4ncnc5c4cnn5-c4ccccc4)cc3)ncn2)cc1. The van der Waals surface area contributed by atoms with E-state index in [-0.39, 0.29) is 0 Å². The average Bonchev–Trinajstić information content (AvgIpc) is 3.36. The first kappa shape index (κ1) is 20.5. The fraction of sp³-hybridized carbons (Fsp3) is 0. The molecule has 0 atom stereocenters. The van der Waals surface area contributed by atoms with Crippen molar-refractivity contribution in [3.8, 4) is 16.9 Å². The van der Waals surface area contributed by atoms with E-state index >= 15 is 0 Å². The summed E-state index contributed by atoms with van der Waals surface area (Å²) >= 11 is 0. The summed E-state index contributed by atoms with van der Waals surface area (Å²) in [6, 6.07) is 29.8. The lowest BCUT2D eigenvalue weighted by molar-refractivity contribution is 0.895. The summed E-state index contributed by atoms with van der Waals surface area (Å²) in [5, 5.41) is 12.1. The predicted molar refractivity (Wildman–Crippen MR) is 137 cm³/mol. The summed E-state index contributed by atoms with van der Waals surface area (Å²) in [6.07, 6.45) is 4.89. The van der Waals surface area contributed by atoms with Gasteiger partial charge >= 0.3 is 0 Å². The van der Waals surface area contributed by atoms with Gasteiger partial charge in [-0.05, 0) is 36.4 Å². The van der Waals surface area contributed by atoms with Crippen LogP contribution < -0.4 is 10.6 Å². The summed E-state index contributed by atoms with van der Waals surface area (Å²) in [5.74, 6) is 1.42. The zero-order valence-corrected chi connectivity index (χ0v) is 18.6. The quantitative estimate of drug-likeness (QED) is 0.329. The minimum Gasteiger partial charge on any atom is -0.340 e. The maximum Gasteiger partial charge on any atom is 0.168 e. The van der Waals surface area contributed by atoms with E-state index < -0.39 is 0 Å². The van der Waals surface area contributed by atoms with Crippen molar-refractivity contribution in [2.45, 2.75) is 0 Å². The first-order valence-electron chi connectivity index (χ1n) is 11.1. The molecule has 3 aromatic heterocycles. The first-order chi connectivity index (χ1) is 17.3. The van der Waals surface area contributed by atoms with Crippen LogP contribution in [0.2, 0.25) is 0 Å². The van der Waals surface area contributed by atoms with Gasteiger partial charge in [0.05, 0.1) is 23.0 Å². The van der Waals surface area contributed by atoms with E-state index in [1.54, 1.807) is 23.5 Å². The van der Waals surface area contributed by atoms with Crippen molar-refractivity contribution in [3.63, 3.8) is 0 Å². The van der Waals surface area contributed by atoms with Crippen molar-refractivity contribution in [2.24, 2.45) is 0 Å². The van der Waals surface area contributed by atoms with Gasteiger partial charge in [-0.15, -0.1) is 0 Å². The monoisotopic (exact) mass is 456 g/mol. The molecule has 0 amide bonds. The number of hydrogen-bond acceptors (Lipinski definition) is 7. The number of rotatable bonds is 6. The van der Waals surface area contributed by atoms with Crippen LogP contribution in [-0.2, 0) is 0 Å². The third-order valence-corrected chi connectivity index (χ3v) is 5.52. The highest BCUT2D eigenvalue weighted by atomic mass is 15.3. The number of benzene rings is 3. The van der Waals surface area contributed by atoms with Crippen LogP contribution in [0.3, 0.4) is 0 Å². The molecule has 168 valence electrons. The summed E-state index contributed by atoms with van der Waals surface area (Å²) < 4.78 is 1.81. The van der Waals surface area contributed by atoms with E-state index in [0.29, 0.717) is 5.82 Å². The first-order valence-corrected chi connectivity index (χ1v) is 11.1. The van der Waals surface area contributed by atoms with Crippen molar-refractivity contribution in [1.29, 1.82) is 0 Å². The summed E-state index contributed by atoms with van der Waals surface area (Å²) in [6.45, 7) is 0. The molecule has 0 fully saturated rings. The fourth-order valence-electron chi connectivity index (χ4n) is 3.82. The lowest BCUT2D eigenvalue weighted by atomic mass is 10.1. The van der Waals surface area contributed by atoms with Crippen molar-refractivity contribution in [2.75, 3.05) is 10.6 Å². The molecule has 2 N–H and O–H groups in total. The average molecular weight is 457 g/mol. The van der Waals surface area contributed by atoms with Gasteiger partial charge in [-0.1, -0.05) is 48.5 Å². The number of hydrogen-bond donors (Lipinski definition) is 2. The van der Waals surface area contributed by atoms with Gasteiger partial charge in [-0.25, -0.2) is 24.6 Å². The number of aromatic nitrogens is 6. The van der Waals surface area contributed by atoms with Crippen LogP contribution in [0.1, 0.15) is 0 Å². The van der Waals surface area contributed by atoms with Gasteiger partial charge in [0.2, 0.25) is 0 Å². The summed E-state index contributed by atoms with van der Waals surface area (Å²) in [4.78, 5) is 17.6. The third-order valence-electron chi connectivity index (χ3n) is 5.52. The Kier molecular flexibility index (Phi) is 5.29. The number of fused-ring (bicyclic) bond motifs is 1. The summed E-state index contributed by atoms with van der Waals surface area (Å²) in [5.41, 5.74) is 5.41. The van der Waals surface area contributed by atoms with Gasteiger partial charge in [-0.3, -0.25) is 0 Å². The molecule has 0 saturated carbocycles. The molecule has 35 heavy (non-hydrogen) atoms. The second-order valence-corrected chi connectivity index (χ2v) is 7.83. The molecule has 0 aliphatic carbocycles. The number of para-hydroxylation sites is 1. The topological polar surface area (TPSA) is 93.4 Å². The Bertz CT molecular complexity index is 1580. The van der Waals surface area contributed by atoms with Gasteiger partial charge in [0.25, 0.3) is 0 Å². The smallest absolute Gasteiger partial charge is 0.168 e. The summed E-state index contributed by atoms with van der Waals surface area (Å²) in [7, 11) is 0. The Hall–Kier alpha value is -5.11. The van der Waals surface area contributed by atoms with Crippen LogP contribution in [0.15, 0.2) is 110 Å². The number of anilines is 4.